The second-order valence-corrected chi connectivity index (χ2v) is 4.40. The molecule has 3 rings (SSSR count). The molecule has 0 aliphatic carbocycles. The molecular formula is C10H11ClN2O4. The zero-order chi connectivity index (χ0) is 11.8. The smallest absolute Gasteiger partial charge is 0.236 e. The van der Waals surface area contributed by atoms with Gasteiger partial charge in [-0.05, 0) is 0 Å². The van der Waals surface area contributed by atoms with Crippen molar-refractivity contribution in [1.82, 2.24) is 9.97 Å². The van der Waals surface area contributed by atoms with E-state index >= 15 is 0 Å². The Balaban J connectivity index is 1.73. The average Bonchev–Trinajstić information content (AvgIpc) is 2.87. The van der Waals surface area contributed by atoms with Crippen molar-refractivity contribution in [3.63, 3.8) is 0 Å². The van der Waals surface area contributed by atoms with E-state index in [1.807, 2.05) is 0 Å². The van der Waals surface area contributed by atoms with E-state index in [2.05, 4.69) is 9.97 Å². The van der Waals surface area contributed by atoms with Gasteiger partial charge in [-0.15, -0.1) is 0 Å². The molecule has 0 bridgehead atoms. The van der Waals surface area contributed by atoms with E-state index in [0.29, 0.717) is 17.5 Å². The molecule has 1 aromatic rings. The molecule has 6 nitrogen and oxygen atoms in total. The van der Waals surface area contributed by atoms with Crippen molar-refractivity contribution < 1.29 is 19.3 Å². The first-order valence-corrected chi connectivity index (χ1v) is 5.67. The van der Waals surface area contributed by atoms with Crippen LogP contribution in [0.2, 0.25) is 5.02 Å². The van der Waals surface area contributed by atoms with E-state index in [-0.39, 0.29) is 24.9 Å². The first-order chi connectivity index (χ1) is 8.25. The number of ether oxygens (including phenoxy) is 3. The summed E-state index contributed by atoms with van der Waals surface area (Å²) in [5.74, 6) is 0.306. The van der Waals surface area contributed by atoms with Crippen molar-refractivity contribution in [3.8, 4) is 5.88 Å². The van der Waals surface area contributed by atoms with Crippen LogP contribution in [-0.4, -0.2) is 52.7 Å². The molecule has 0 radical (unpaired) electrons. The summed E-state index contributed by atoms with van der Waals surface area (Å²) in [6, 6.07) is 0. The number of rotatable bonds is 2. The number of aromatic nitrogens is 2. The number of halogens is 1. The SMILES string of the molecule is O[C@@H]1CO[C@H]2[C@@H]1OC[C@H]2Oc1ncncc1Cl. The number of nitrogens with zero attached hydrogens (tertiary/aromatic N) is 2. The summed E-state index contributed by atoms with van der Waals surface area (Å²) in [6.07, 6.45) is 1.34. The molecule has 0 unspecified atom stereocenters. The lowest BCUT2D eigenvalue weighted by molar-refractivity contribution is 0.00779. The fourth-order valence-electron chi connectivity index (χ4n) is 2.08. The van der Waals surface area contributed by atoms with E-state index in [9.17, 15) is 5.11 Å². The third kappa shape index (κ3) is 1.97. The van der Waals surface area contributed by atoms with Crippen molar-refractivity contribution in [2.24, 2.45) is 0 Å². The lowest BCUT2D eigenvalue weighted by Crippen LogP contribution is -2.34. The summed E-state index contributed by atoms with van der Waals surface area (Å²) in [5, 5.41) is 9.92. The Morgan fingerprint density at radius 2 is 2.18 bits per heavy atom. The molecule has 1 aromatic heterocycles. The van der Waals surface area contributed by atoms with Crippen molar-refractivity contribution >= 4 is 11.6 Å². The van der Waals surface area contributed by atoms with Crippen molar-refractivity contribution in [2.75, 3.05) is 13.2 Å². The predicted octanol–water partition coefficient (Wildman–Crippen LogP) is 0.0359. The minimum atomic E-state index is -0.588. The quantitative estimate of drug-likeness (QED) is 0.807. The maximum atomic E-state index is 9.58. The normalized spacial score (nSPS) is 35.9. The minimum Gasteiger partial charge on any atom is -0.468 e. The highest BCUT2D eigenvalue weighted by Crippen LogP contribution is 2.30. The molecule has 92 valence electrons. The number of hydrogen-bond acceptors (Lipinski definition) is 6. The first-order valence-electron chi connectivity index (χ1n) is 5.29. The van der Waals surface area contributed by atoms with Crippen molar-refractivity contribution in [1.29, 1.82) is 0 Å². The second-order valence-electron chi connectivity index (χ2n) is 4.00. The summed E-state index contributed by atoms with van der Waals surface area (Å²) in [6.45, 7) is 0.624. The Morgan fingerprint density at radius 3 is 3.00 bits per heavy atom. The highest BCUT2D eigenvalue weighted by molar-refractivity contribution is 6.31. The zero-order valence-corrected chi connectivity index (χ0v) is 9.58. The van der Waals surface area contributed by atoms with E-state index < -0.39 is 6.10 Å². The molecule has 17 heavy (non-hydrogen) atoms. The van der Waals surface area contributed by atoms with Crippen LogP contribution < -0.4 is 4.74 Å². The van der Waals surface area contributed by atoms with Crippen LogP contribution in [0, 0.1) is 0 Å². The van der Waals surface area contributed by atoms with Crippen LogP contribution in [-0.2, 0) is 9.47 Å². The average molecular weight is 259 g/mol. The van der Waals surface area contributed by atoms with Gasteiger partial charge in [0.25, 0.3) is 0 Å². The number of fused-ring (bicyclic) bond motifs is 1. The van der Waals surface area contributed by atoms with Gasteiger partial charge in [-0.25, -0.2) is 9.97 Å². The van der Waals surface area contributed by atoms with Gasteiger partial charge >= 0.3 is 0 Å². The molecule has 4 atom stereocenters. The van der Waals surface area contributed by atoms with Crippen LogP contribution in [0.25, 0.3) is 0 Å². The van der Waals surface area contributed by atoms with Gasteiger partial charge in [0.05, 0.1) is 19.4 Å². The van der Waals surface area contributed by atoms with Gasteiger partial charge in [0.1, 0.15) is 29.7 Å². The van der Waals surface area contributed by atoms with Crippen LogP contribution in [0.4, 0.5) is 0 Å². The minimum absolute atomic E-state index is 0.268. The van der Waals surface area contributed by atoms with E-state index in [1.54, 1.807) is 0 Å². The second kappa shape index (κ2) is 4.38. The number of aliphatic hydroxyl groups is 1. The Kier molecular flexibility index (Phi) is 2.87. The molecule has 1 N–H and O–H groups in total. The molecule has 0 spiro atoms. The Bertz CT molecular complexity index is 419. The van der Waals surface area contributed by atoms with Crippen LogP contribution in [0.5, 0.6) is 5.88 Å². The highest BCUT2D eigenvalue weighted by atomic mass is 35.5. The van der Waals surface area contributed by atoms with Gasteiger partial charge in [-0.1, -0.05) is 11.6 Å². The molecule has 0 aromatic carbocycles. The molecule has 3 heterocycles. The molecule has 2 fully saturated rings. The molecule has 2 aliphatic heterocycles. The van der Waals surface area contributed by atoms with Crippen LogP contribution in [0.3, 0.4) is 0 Å². The maximum Gasteiger partial charge on any atom is 0.236 e. The highest BCUT2D eigenvalue weighted by Gasteiger charge is 2.48. The van der Waals surface area contributed by atoms with Crippen molar-refractivity contribution in [3.05, 3.63) is 17.5 Å². The largest absolute Gasteiger partial charge is 0.468 e. The molecule has 2 aliphatic rings. The van der Waals surface area contributed by atoms with Gasteiger partial charge in [0.15, 0.2) is 6.10 Å². The maximum absolute atomic E-state index is 9.58. The third-order valence-electron chi connectivity index (χ3n) is 2.88. The van der Waals surface area contributed by atoms with Crippen LogP contribution in [0.1, 0.15) is 0 Å². The van der Waals surface area contributed by atoms with E-state index in [4.69, 9.17) is 25.8 Å². The fraction of sp³-hybridized carbons (Fsp3) is 0.600. The lowest BCUT2D eigenvalue weighted by atomic mass is 10.1. The van der Waals surface area contributed by atoms with Crippen molar-refractivity contribution in [2.45, 2.75) is 24.4 Å². The molecular weight excluding hydrogens is 248 g/mol. The number of hydrogen-bond donors (Lipinski definition) is 1. The third-order valence-corrected chi connectivity index (χ3v) is 3.14. The predicted molar refractivity (Wildman–Crippen MR) is 56.9 cm³/mol. The molecule has 0 amide bonds. The molecule has 2 saturated heterocycles. The summed E-state index contributed by atoms with van der Waals surface area (Å²) in [7, 11) is 0. The van der Waals surface area contributed by atoms with Gasteiger partial charge in [-0.3, -0.25) is 0 Å². The van der Waals surface area contributed by atoms with Gasteiger partial charge in [-0.2, -0.15) is 0 Å². The summed E-state index contributed by atoms with van der Waals surface area (Å²) < 4.78 is 16.5. The Labute approximate surface area is 102 Å². The Morgan fingerprint density at radius 1 is 1.35 bits per heavy atom. The lowest BCUT2D eigenvalue weighted by Gasteiger charge is -2.17. The molecule has 7 heteroatoms. The monoisotopic (exact) mass is 258 g/mol. The van der Waals surface area contributed by atoms with E-state index in [1.165, 1.54) is 12.5 Å². The zero-order valence-electron chi connectivity index (χ0n) is 8.82. The van der Waals surface area contributed by atoms with E-state index in [0.717, 1.165) is 0 Å². The Hall–Kier alpha value is -0.950. The summed E-state index contributed by atoms with van der Waals surface area (Å²) in [5.41, 5.74) is 0. The van der Waals surface area contributed by atoms with Crippen LogP contribution in [0.15, 0.2) is 12.5 Å². The standard InChI is InChI=1S/C10H11ClN2O4/c11-5-1-12-4-13-10(5)17-7-3-16-8-6(14)2-15-9(7)8/h1,4,6-9,14H,2-3H2/t6-,7-,8-,9-/m1/s1. The summed E-state index contributed by atoms with van der Waals surface area (Å²) in [4.78, 5) is 7.71. The van der Waals surface area contributed by atoms with Gasteiger partial charge < -0.3 is 19.3 Å². The summed E-state index contributed by atoms with van der Waals surface area (Å²) >= 11 is 5.89. The molecule has 0 saturated carbocycles. The van der Waals surface area contributed by atoms with Gasteiger partial charge in [0.2, 0.25) is 5.88 Å². The van der Waals surface area contributed by atoms with Crippen LogP contribution >= 0.6 is 11.6 Å². The first kappa shape index (κ1) is 11.2. The number of aliphatic hydroxyl groups excluding tert-OH is 1. The topological polar surface area (TPSA) is 73.7 Å². The van der Waals surface area contributed by atoms with Gasteiger partial charge in [0, 0.05) is 0 Å². The fourth-order valence-corrected chi connectivity index (χ4v) is 2.23.